The lowest BCUT2D eigenvalue weighted by atomic mass is 10.0. The number of methoxy groups -OCH3 is 1. The molecule has 0 atom stereocenters. The molecule has 0 radical (unpaired) electrons. The lowest BCUT2D eigenvalue weighted by Gasteiger charge is -2.11. The molecule has 2 N–H and O–H groups in total. The van der Waals surface area contributed by atoms with Crippen LogP contribution >= 0.6 is 39.1 Å². The van der Waals surface area contributed by atoms with Gasteiger partial charge in [-0.05, 0) is 73.2 Å². The number of hydrazone groups is 1. The van der Waals surface area contributed by atoms with Crippen molar-refractivity contribution in [2.75, 3.05) is 13.7 Å². The molecule has 0 aliphatic carbocycles. The first-order valence-corrected chi connectivity index (χ1v) is 14.6. The van der Waals surface area contributed by atoms with Gasteiger partial charge in [0.15, 0.2) is 11.5 Å². The van der Waals surface area contributed by atoms with E-state index >= 15 is 0 Å². The molecule has 0 saturated heterocycles. The summed E-state index contributed by atoms with van der Waals surface area (Å²) in [6.45, 7) is 2.16. The second kappa shape index (κ2) is 13.3. The predicted octanol–water partition coefficient (Wildman–Crippen LogP) is 8.29. The average molecular weight is 681 g/mol. The minimum Gasteiger partial charge on any atom is -0.495 e. The number of hydrogen-bond acceptors (Lipinski definition) is 6. The number of nitrogens with zero attached hydrogens (tertiary/aromatic N) is 1. The van der Waals surface area contributed by atoms with E-state index in [1.165, 1.54) is 6.21 Å². The first kappa shape index (κ1) is 30.2. The minimum absolute atomic E-state index is 0.241. The van der Waals surface area contributed by atoms with Gasteiger partial charge in [0, 0.05) is 31.0 Å². The highest BCUT2D eigenvalue weighted by Crippen LogP contribution is 2.43. The molecule has 0 saturated carbocycles. The molecule has 0 aliphatic heterocycles. The van der Waals surface area contributed by atoms with Gasteiger partial charge in [-0.15, -0.1) is 0 Å². The van der Waals surface area contributed by atoms with E-state index in [1.54, 1.807) is 61.7 Å². The van der Waals surface area contributed by atoms with E-state index in [0.717, 1.165) is 9.86 Å². The zero-order valence-corrected chi connectivity index (χ0v) is 26.0. The quantitative estimate of drug-likeness (QED) is 0.0706. The van der Waals surface area contributed by atoms with Crippen LogP contribution in [0.15, 0.2) is 88.4 Å². The fraction of sp³-hybridized carbons (Fsp3) is 0.0938. The Hall–Kier alpha value is -4.31. The zero-order valence-electron chi connectivity index (χ0n) is 22.9. The van der Waals surface area contributed by atoms with Crippen LogP contribution in [-0.4, -0.2) is 36.8 Å². The Labute approximate surface area is 265 Å². The van der Waals surface area contributed by atoms with Crippen molar-refractivity contribution in [3.8, 4) is 28.4 Å². The van der Waals surface area contributed by atoms with Gasteiger partial charge < -0.3 is 19.2 Å². The van der Waals surface area contributed by atoms with Gasteiger partial charge in [0.05, 0.1) is 31.0 Å². The van der Waals surface area contributed by atoms with Gasteiger partial charge in [-0.2, -0.15) is 5.10 Å². The number of halogens is 3. The Balaban J connectivity index is 1.41. The van der Waals surface area contributed by atoms with Gasteiger partial charge in [0.1, 0.15) is 11.4 Å². The summed E-state index contributed by atoms with van der Waals surface area (Å²) < 4.78 is 17.5. The number of aromatic amines is 1. The van der Waals surface area contributed by atoms with E-state index in [4.69, 9.17) is 37.4 Å². The van der Waals surface area contributed by atoms with Crippen LogP contribution in [0.2, 0.25) is 10.0 Å². The maximum atomic E-state index is 13.5. The second-order valence-electron chi connectivity index (χ2n) is 9.09. The molecule has 5 rings (SSSR count). The van der Waals surface area contributed by atoms with Gasteiger partial charge in [-0.1, -0.05) is 57.3 Å². The molecule has 43 heavy (non-hydrogen) atoms. The van der Waals surface area contributed by atoms with Crippen molar-refractivity contribution >= 4 is 68.1 Å². The van der Waals surface area contributed by atoms with E-state index in [1.807, 2.05) is 31.2 Å². The molecule has 11 heteroatoms. The normalized spacial score (nSPS) is 11.1. The maximum Gasteiger partial charge on any atom is 0.343 e. The maximum absolute atomic E-state index is 13.5. The molecule has 0 spiro atoms. The number of rotatable bonds is 9. The highest BCUT2D eigenvalue weighted by atomic mass is 79.9. The fourth-order valence-corrected chi connectivity index (χ4v) is 5.32. The first-order chi connectivity index (χ1) is 20.8. The molecular weight excluding hydrogens is 657 g/mol. The van der Waals surface area contributed by atoms with Crippen molar-refractivity contribution in [1.82, 2.24) is 10.4 Å². The largest absolute Gasteiger partial charge is 0.495 e. The third-order valence-corrected chi connectivity index (χ3v) is 7.63. The Morgan fingerprint density at radius 2 is 1.72 bits per heavy atom. The molecule has 1 aromatic heterocycles. The molecule has 218 valence electrons. The Kier molecular flexibility index (Phi) is 9.35. The van der Waals surface area contributed by atoms with Gasteiger partial charge in [0.25, 0.3) is 5.91 Å². The van der Waals surface area contributed by atoms with Gasteiger partial charge in [0.2, 0.25) is 0 Å². The first-order valence-electron chi connectivity index (χ1n) is 13.0. The van der Waals surface area contributed by atoms with Crippen LogP contribution in [0, 0.1) is 0 Å². The van der Waals surface area contributed by atoms with E-state index in [-0.39, 0.29) is 11.4 Å². The monoisotopic (exact) mass is 679 g/mol. The lowest BCUT2D eigenvalue weighted by molar-refractivity contribution is 0.0728. The van der Waals surface area contributed by atoms with Crippen molar-refractivity contribution in [3.05, 3.63) is 110 Å². The molecule has 0 aliphatic rings. The highest BCUT2D eigenvalue weighted by molar-refractivity contribution is 9.10. The summed E-state index contributed by atoms with van der Waals surface area (Å²) in [6, 6.07) is 22.2. The Morgan fingerprint density at radius 3 is 2.44 bits per heavy atom. The van der Waals surface area contributed by atoms with Crippen molar-refractivity contribution < 1.29 is 23.8 Å². The van der Waals surface area contributed by atoms with Crippen LogP contribution in [0.1, 0.15) is 33.3 Å². The number of nitrogens with one attached hydrogen (secondary N) is 2. The number of esters is 1. The topological polar surface area (TPSA) is 102 Å². The van der Waals surface area contributed by atoms with E-state index < -0.39 is 11.9 Å². The minimum atomic E-state index is -0.553. The molecule has 4 aromatic carbocycles. The molecule has 5 aromatic rings. The van der Waals surface area contributed by atoms with E-state index in [0.29, 0.717) is 55.9 Å². The predicted molar refractivity (Wildman–Crippen MR) is 172 cm³/mol. The number of aromatic nitrogens is 1. The number of carbonyl (C=O) groups excluding carboxylic acids is 2. The summed E-state index contributed by atoms with van der Waals surface area (Å²) in [7, 11) is 1.56. The third kappa shape index (κ3) is 6.54. The lowest BCUT2D eigenvalue weighted by Crippen LogP contribution is -2.19. The molecule has 8 nitrogen and oxygen atoms in total. The van der Waals surface area contributed by atoms with Gasteiger partial charge in [-0.3, -0.25) is 4.79 Å². The van der Waals surface area contributed by atoms with Crippen LogP contribution in [-0.2, 0) is 0 Å². The number of carbonyl (C=O) groups is 2. The number of fused-ring (bicyclic) bond motifs is 1. The van der Waals surface area contributed by atoms with Crippen LogP contribution in [0.3, 0.4) is 0 Å². The van der Waals surface area contributed by atoms with Crippen molar-refractivity contribution in [2.24, 2.45) is 5.10 Å². The van der Waals surface area contributed by atoms with Crippen LogP contribution in [0.25, 0.3) is 22.0 Å². The highest BCUT2D eigenvalue weighted by Gasteiger charge is 2.24. The zero-order chi connectivity index (χ0) is 30.5. The third-order valence-electron chi connectivity index (χ3n) is 6.39. The van der Waals surface area contributed by atoms with Crippen LogP contribution < -0.4 is 19.6 Å². The van der Waals surface area contributed by atoms with Crippen molar-refractivity contribution in [1.29, 1.82) is 0 Å². The average Bonchev–Trinajstić information content (AvgIpc) is 3.41. The number of ether oxygens (including phenoxy) is 3. The molecule has 1 heterocycles. The van der Waals surface area contributed by atoms with Crippen molar-refractivity contribution in [3.63, 3.8) is 0 Å². The summed E-state index contributed by atoms with van der Waals surface area (Å²) in [5.41, 5.74) is 5.68. The summed E-state index contributed by atoms with van der Waals surface area (Å²) >= 11 is 16.1. The molecule has 0 unspecified atom stereocenters. The van der Waals surface area contributed by atoms with Crippen LogP contribution in [0.4, 0.5) is 0 Å². The summed E-state index contributed by atoms with van der Waals surface area (Å²) in [4.78, 5) is 29.3. The second-order valence-corrected chi connectivity index (χ2v) is 10.8. The summed E-state index contributed by atoms with van der Waals surface area (Å²) in [5.74, 6) is 0.102. The fourth-order valence-electron chi connectivity index (χ4n) is 4.44. The van der Waals surface area contributed by atoms with Gasteiger partial charge in [-0.25, -0.2) is 10.2 Å². The number of amides is 1. The Morgan fingerprint density at radius 1 is 0.977 bits per heavy atom. The smallest absolute Gasteiger partial charge is 0.343 e. The Bertz CT molecular complexity index is 1850. The summed E-state index contributed by atoms with van der Waals surface area (Å²) in [6.07, 6.45) is 1.46. The SMILES string of the molecule is CCOc1cc(C=NNC(=O)c2[nH]c3c(OC)ccc(Br)c3c2-c2ccccc2Cl)ccc1OC(=O)c1ccc(Cl)cc1. The summed E-state index contributed by atoms with van der Waals surface area (Å²) in [5, 5.41) is 5.90. The van der Waals surface area contributed by atoms with Crippen molar-refractivity contribution in [2.45, 2.75) is 6.92 Å². The standard InChI is InChI=1S/C32H24BrCl2N3O5/c1-3-42-26-16-18(8-14-24(26)43-32(40)19-9-11-20(34)12-10-19)17-36-38-31(39)30-27(21-6-4-5-7-23(21)35)28-22(33)13-15-25(41-2)29(28)37-30/h4-17,37H,3H2,1-2H3,(H,38,39). The van der Waals surface area contributed by atoms with E-state index in [9.17, 15) is 9.59 Å². The molecule has 0 bridgehead atoms. The molecular formula is C32H24BrCl2N3O5. The number of hydrogen-bond donors (Lipinski definition) is 2. The van der Waals surface area contributed by atoms with Crippen LogP contribution in [0.5, 0.6) is 17.2 Å². The molecule has 0 fully saturated rings. The van der Waals surface area contributed by atoms with Gasteiger partial charge >= 0.3 is 5.97 Å². The number of H-pyrrole nitrogens is 1. The van der Waals surface area contributed by atoms with E-state index in [2.05, 4.69) is 31.4 Å². The number of benzene rings is 4. The molecule has 1 amide bonds.